The van der Waals surface area contributed by atoms with Gasteiger partial charge in [0, 0.05) is 36.2 Å². The number of carbonyl (C=O) groups excluding carboxylic acids is 1. The van der Waals surface area contributed by atoms with Crippen molar-refractivity contribution < 1.29 is 22.7 Å². The molecule has 2 aromatic carbocycles. The third kappa shape index (κ3) is 5.97. The minimum atomic E-state index is -2.49. The summed E-state index contributed by atoms with van der Waals surface area (Å²) < 4.78 is 48.3. The molecule has 41 heavy (non-hydrogen) atoms. The zero-order valence-corrected chi connectivity index (χ0v) is 24.1. The molecule has 3 N–H and O–H groups in total. The maximum Gasteiger partial charge on any atom is 0.225 e. The summed E-state index contributed by atoms with van der Waals surface area (Å²) in [6, 6.07) is 16.3. The number of halogens is 2. The van der Waals surface area contributed by atoms with Gasteiger partial charge in [0.2, 0.25) is 5.91 Å². The Morgan fingerprint density at radius 2 is 1.73 bits per heavy atom. The lowest BCUT2D eigenvalue weighted by molar-refractivity contribution is -0.128. The summed E-state index contributed by atoms with van der Waals surface area (Å²) in [5.41, 5.74) is 2.53. The molecule has 1 saturated heterocycles. The van der Waals surface area contributed by atoms with E-state index in [0.29, 0.717) is 55.3 Å². The molecule has 1 aliphatic heterocycles. The fourth-order valence-corrected chi connectivity index (χ4v) is 8.15. The average Bonchev–Trinajstić information content (AvgIpc) is 3.60. The van der Waals surface area contributed by atoms with Crippen molar-refractivity contribution in [1.82, 2.24) is 10.3 Å². The molecule has 0 bridgehead atoms. The quantitative estimate of drug-likeness (QED) is 0.296. The Kier molecular flexibility index (Phi) is 7.53. The third-order valence-corrected chi connectivity index (χ3v) is 11.3. The Labute approximate surface area is 243 Å². The van der Waals surface area contributed by atoms with Crippen LogP contribution in [0.25, 0.3) is 21.0 Å². The van der Waals surface area contributed by atoms with E-state index < -0.39 is 28.2 Å². The second kappa shape index (κ2) is 11.0. The molecule has 2 saturated carbocycles. The number of alkyl halides is 1. The van der Waals surface area contributed by atoms with Crippen LogP contribution in [0.4, 0.5) is 14.5 Å². The summed E-state index contributed by atoms with van der Waals surface area (Å²) in [5.74, 6) is -0.928. The molecule has 11 heteroatoms. The highest BCUT2D eigenvalue weighted by Crippen LogP contribution is 2.47. The second-order valence-corrected chi connectivity index (χ2v) is 14.7. The van der Waals surface area contributed by atoms with Crippen LogP contribution >= 0.6 is 21.9 Å². The van der Waals surface area contributed by atoms with E-state index in [1.165, 1.54) is 23.5 Å². The second-order valence-electron chi connectivity index (χ2n) is 11.3. The van der Waals surface area contributed by atoms with Crippen LogP contribution in [0, 0.1) is 23.1 Å². The van der Waals surface area contributed by atoms with Crippen molar-refractivity contribution >= 4 is 33.5 Å². The predicted octanol–water partition coefficient (Wildman–Crippen LogP) is 6.58. The Morgan fingerprint density at radius 1 is 1.07 bits per heavy atom. The molecule has 216 valence electrons. The fourth-order valence-electron chi connectivity index (χ4n) is 5.77. The van der Waals surface area contributed by atoms with Crippen molar-refractivity contribution in [3.63, 3.8) is 0 Å². The number of benzene rings is 2. The fraction of sp³-hybridized carbons (Fsp3) is 0.433. The minimum absolute atomic E-state index is 0.0773. The van der Waals surface area contributed by atoms with E-state index in [0.717, 1.165) is 27.4 Å². The summed E-state index contributed by atoms with van der Waals surface area (Å²) >= 11 is 1.46. The van der Waals surface area contributed by atoms with Crippen LogP contribution in [-0.4, -0.2) is 56.3 Å². The first-order valence-corrected chi connectivity index (χ1v) is 16.6. The molecule has 1 aromatic heterocycles. The lowest BCUT2D eigenvalue weighted by Gasteiger charge is -2.41. The van der Waals surface area contributed by atoms with Gasteiger partial charge in [0.1, 0.15) is 22.5 Å². The molecular formula is C30H32F2N4O3S2. The van der Waals surface area contributed by atoms with E-state index in [4.69, 9.17) is 4.98 Å². The predicted molar refractivity (Wildman–Crippen MR) is 158 cm³/mol. The molecule has 7 nitrogen and oxygen atoms in total. The first kappa shape index (κ1) is 28.1. The van der Waals surface area contributed by atoms with Gasteiger partial charge in [0.15, 0.2) is 0 Å². The Bertz CT molecular complexity index is 1460. The van der Waals surface area contributed by atoms with Crippen molar-refractivity contribution in [3.8, 4) is 27.1 Å². The summed E-state index contributed by atoms with van der Waals surface area (Å²) in [4.78, 5) is 21.4. The average molecular weight is 599 g/mol. The van der Waals surface area contributed by atoms with Gasteiger partial charge in [-0.15, -0.1) is 11.3 Å². The zero-order chi connectivity index (χ0) is 28.8. The monoisotopic (exact) mass is 598 g/mol. The van der Waals surface area contributed by atoms with Crippen LogP contribution in [0.15, 0.2) is 48.5 Å². The van der Waals surface area contributed by atoms with Gasteiger partial charge < -0.3 is 10.2 Å². The number of carbonyl (C=O) groups is 1. The lowest BCUT2D eigenvalue weighted by Crippen LogP contribution is -2.44. The van der Waals surface area contributed by atoms with Crippen LogP contribution in [0.1, 0.15) is 43.7 Å². The Morgan fingerprint density at radius 3 is 2.37 bits per heavy atom. The van der Waals surface area contributed by atoms with Gasteiger partial charge >= 0.3 is 0 Å². The highest BCUT2D eigenvalue weighted by molar-refractivity contribution is 8.24. The molecule has 3 aliphatic rings. The molecule has 0 radical (unpaired) electrons. The Hall–Kier alpha value is -3.04. The molecule has 2 heterocycles. The van der Waals surface area contributed by atoms with Gasteiger partial charge in [-0.2, -0.15) is 15.9 Å². The van der Waals surface area contributed by atoms with Crippen LogP contribution in [-0.2, 0) is 4.79 Å². The number of anilines is 1. The summed E-state index contributed by atoms with van der Waals surface area (Å²) in [6.07, 6.45) is 0.966. The molecule has 3 fully saturated rings. The van der Waals surface area contributed by atoms with Crippen LogP contribution < -0.4 is 10.2 Å². The molecule has 3 aromatic rings. The molecular weight excluding hydrogens is 566 g/mol. The standard InChI is InChI=1S/C30H32F2N4O3S2/c31-21-5-1-20(2-6-21)29-34-26(24-10-7-22(32)17-25(24)28(37)35-30(18-33)11-12-30)27(40-29)19-3-8-23(9-4-19)36-13-15-41(38,39)16-14-36/h1-6,8-9,22,24-25,38-39H,7,10-17H2,(H,35,37)/t22-,24+,25+/m0/s1. The van der Waals surface area contributed by atoms with Crippen LogP contribution in [0.5, 0.6) is 0 Å². The number of nitrogens with zero attached hydrogens (tertiary/aromatic N) is 3. The van der Waals surface area contributed by atoms with E-state index in [2.05, 4.69) is 16.3 Å². The van der Waals surface area contributed by atoms with E-state index in [9.17, 15) is 27.9 Å². The maximum atomic E-state index is 14.7. The number of hydrogen-bond acceptors (Lipinski definition) is 7. The van der Waals surface area contributed by atoms with Gasteiger partial charge in [0.05, 0.1) is 28.1 Å². The van der Waals surface area contributed by atoms with Crippen molar-refractivity contribution in [2.75, 3.05) is 29.5 Å². The van der Waals surface area contributed by atoms with E-state index >= 15 is 0 Å². The van der Waals surface area contributed by atoms with Crippen LogP contribution in [0.3, 0.4) is 0 Å². The number of nitrogens with one attached hydrogen (secondary N) is 1. The maximum absolute atomic E-state index is 14.7. The van der Waals surface area contributed by atoms with E-state index in [1.807, 2.05) is 24.3 Å². The van der Waals surface area contributed by atoms with Gasteiger partial charge in [-0.1, -0.05) is 12.1 Å². The first-order chi connectivity index (χ1) is 19.7. The number of hydrogen-bond donors (Lipinski definition) is 3. The SMILES string of the molecule is N#CC1(NC(=O)[C@@H]2C[C@@H](F)CC[C@H]2c2nc(-c3ccc(F)cc3)sc2-c2ccc(N3CCS(O)(O)CC3)cc2)CC1. The topological polar surface area (TPSA) is 109 Å². The third-order valence-electron chi connectivity index (χ3n) is 8.42. The van der Waals surface area contributed by atoms with Crippen molar-refractivity contribution in [1.29, 1.82) is 5.26 Å². The molecule has 2 aliphatic carbocycles. The zero-order valence-electron chi connectivity index (χ0n) is 22.4. The highest BCUT2D eigenvalue weighted by atomic mass is 32.3. The lowest BCUT2D eigenvalue weighted by atomic mass is 9.75. The number of rotatable bonds is 6. The molecule has 0 unspecified atom stereocenters. The van der Waals surface area contributed by atoms with Crippen molar-refractivity contribution in [2.45, 2.75) is 49.7 Å². The summed E-state index contributed by atoms with van der Waals surface area (Å²) in [6.45, 7) is 1.13. The first-order valence-electron chi connectivity index (χ1n) is 13.9. The van der Waals surface area contributed by atoms with Crippen molar-refractivity contribution in [3.05, 3.63) is 60.0 Å². The summed E-state index contributed by atoms with van der Waals surface area (Å²) in [5, 5.41) is 13.1. The highest BCUT2D eigenvalue weighted by Gasteiger charge is 2.48. The van der Waals surface area contributed by atoms with Gasteiger partial charge in [-0.3, -0.25) is 13.9 Å². The number of aromatic nitrogens is 1. The van der Waals surface area contributed by atoms with Gasteiger partial charge in [0.25, 0.3) is 0 Å². The number of nitriles is 1. The van der Waals surface area contributed by atoms with Crippen LogP contribution in [0.2, 0.25) is 0 Å². The summed E-state index contributed by atoms with van der Waals surface area (Å²) in [7, 11) is -2.49. The van der Waals surface area contributed by atoms with Crippen molar-refractivity contribution in [2.24, 2.45) is 5.92 Å². The van der Waals surface area contributed by atoms with Gasteiger partial charge in [-0.25, -0.2) is 13.8 Å². The smallest absolute Gasteiger partial charge is 0.225 e. The minimum Gasteiger partial charge on any atom is -0.368 e. The molecule has 1 amide bonds. The van der Waals surface area contributed by atoms with E-state index in [-0.39, 0.29) is 24.1 Å². The largest absolute Gasteiger partial charge is 0.368 e. The molecule has 0 spiro atoms. The number of thiazole rings is 1. The molecule has 3 atom stereocenters. The van der Waals surface area contributed by atoms with Gasteiger partial charge in [-0.05, 0) is 74.1 Å². The number of amides is 1. The molecule has 6 rings (SSSR count). The Balaban J connectivity index is 1.35. The van der Waals surface area contributed by atoms with E-state index in [1.54, 1.807) is 12.1 Å². The normalized spacial score (nSPS) is 25.6.